The standard InChI is InChI=1S/C19H28ClN3O3S2/c1-17(2,3)26-16(24)23-9-7-19(8-10-23)11-12-13(21-15(20)27-12)14(19)22-28(25)18(4,5)6/h7-11H2,1-6H3/b22-14+. The Morgan fingerprint density at radius 3 is 2.39 bits per heavy atom. The van der Waals surface area contributed by atoms with Crippen molar-refractivity contribution in [3.8, 4) is 0 Å². The third kappa shape index (κ3) is 4.44. The van der Waals surface area contributed by atoms with Gasteiger partial charge in [-0.3, -0.25) is 0 Å². The maximum Gasteiger partial charge on any atom is 0.410 e. The molecule has 1 atom stereocenters. The van der Waals surface area contributed by atoms with Crippen LogP contribution in [0.3, 0.4) is 0 Å². The van der Waals surface area contributed by atoms with E-state index >= 15 is 0 Å². The number of carbonyl (C=O) groups is 1. The second-order valence-electron chi connectivity index (χ2n) is 9.46. The molecule has 0 saturated carbocycles. The van der Waals surface area contributed by atoms with Gasteiger partial charge in [0, 0.05) is 23.4 Å². The first-order valence-corrected chi connectivity index (χ1v) is 11.8. The van der Waals surface area contributed by atoms with E-state index in [2.05, 4.69) is 9.38 Å². The van der Waals surface area contributed by atoms with Crippen LogP contribution in [-0.4, -0.2) is 49.3 Å². The van der Waals surface area contributed by atoms with Gasteiger partial charge in [-0.1, -0.05) is 11.6 Å². The van der Waals surface area contributed by atoms with Crippen LogP contribution < -0.4 is 0 Å². The fourth-order valence-corrected chi connectivity index (χ4v) is 5.50. The summed E-state index contributed by atoms with van der Waals surface area (Å²) in [7, 11) is -1.38. The van der Waals surface area contributed by atoms with E-state index in [4.69, 9.17) is 16.3 Å². The van der Waals surface area contributed by atoms with Crippen LogP contribution in [0.1, 0.15) is 65.0 Å². The molecular weight excluding hydrogens is 418 g/mol. The molecule has 156 valence electrons. The number of carbonyl (C=O) groups excluding carboxylic acids is 1. The number of amides is 1. The molecule has 28 heavy (non-hydrogen) atoms. The van der Waals surface area contributed by atoms with Crippen molar-refractivity contribution in [3.05, 3.63) is 15.0 Å². The van der Waals surface area contributed by atoms with Crippen molar-refractivity contribution < 1.29 is 13.7 Å². The summed E-state index contributed by atoms with van der Waals surface area (Å²) in [5.74, 6) is 0. The lowest BCUT2D eigenvalue weighted by Crippen LogP contribution is -2.47. The summed E-state index contributed by atoms with van der Waals surface area (Å²) >= 11 is 7.60. The average Bonchev–Trinajstić information content (AvgIpc) is 3.00. The Hall–Kier alpha value is -0.990. The molecule has 1 aromatic heterocycles. The number of hydrogen-bond donors (Lipinski definition) is 0. The smallest absolute Gasteiger partial charge is 0.410 e. The van der Waals surface area contributed by atoms with Gasteiger partial charge in [0.2, 0.25) is 0 Å². The summed E-state index contributed by atoms with van der Waals surface area (Å²) in [6.45, 7) is 12.5. The lowest BCUT2D eigenvalue weighted by molar-refractivity contribution is 0.0159. The highest BCUT2D eigenvalue weighted by molar-refractivity contribution is 7.85. The van der Waals surface area contributed by atoms with E-state index < -0.39 is 21.3 Å². The molecule has 0 bridgehead atoms. The first-order valence-electron chi connectivity index (χ1n) is 9.45. The molecule has 0 N–H and O–H groups in total. The fraction of sp³-hybridized carbons (Fsp3) is 0.737. The first kappa shape index (κ1) is 21.7. The lowest BCUT2D eigenvalue weighted by Gasteiger charge is -2.39. The van der Waals surface area contributed by atoms with Crippen LogP contribution in [-0.2, 0) is 22.1 Å². The Morgan fingerprint density at radius 1 is 1.25 bits per heavy atom. The van der Waals surface area contributed by atoms with E-state index in [1.807, 2.05) is 41.5 Å². The van der Waals surface area contributed by atoms with Gasteiger partial charge in [0.1, 0.15) is 22.3 Å². The van der Waals surface area contributed by atoms with Gasteiger partial charge in [0.25, 0.3) is 0 Å². The summed E-state index contributed by atoms with van der Waals surface area (Å²) < 4.78 is 23.0. The summed E-state index contributed by atoms with van der Waals surface area (Å²) in [6, 6.07) is 0. The van der Waals surface area contributed by atoms with Crippen molar-refractivity contribution in [1.29, 1.82) is 0 Å². The molecule has 9 heteroatoms. The molecule has 1 spiro atoms. The largest absolute Gasteiger partial charge is 0.444 e. The number of aromatic nitrogens is 1. The molecule has 1 saturated heterocycles. The van der Waals surface area contributed by atoms with Crippen LogP contribution in [0.2, 0.25) is 4.47 Å². The summed E-state index contributed by atoms with van der Waals surface area (Å²) in [5, 5.41) is 0. The normalized spacial score (nSPS) is 21.8. The molecule has 2 heterocycles. The Kier molecular flexibility index (Phi) is 5.71. The van der Waals surface area contributed by atoms with Crippen LogP contribution in [0.15, 0.2) is 4.40 Å². The zero-order valence-electron chi connectivity index (χ0n) is 17.3. The predicted octanol–water partition coefficient (Wildman–Crippen LogP) is 4.62. The average molecular weight is 446 g/mol. The number of ether oxygens (including phenoxy) is 1. The number of nitrogens with zero attached hydrogens (tertiary/aromatic N) is 3. The maximum absolute atomic E-state index is 12.8. The summed E-state index contributed by atoms with van der Waals surface area (Å²) in [6.07, 6.45) is 1.99. The van der Waals surface area contributed by atoms with Gasteiger partial charge in [-0.05, 0) is 60.8 Å². The third-order valence-corrected chi connectivity index (χ3v) is 7.52. The molecule has 1 aliphatic heterocycles. The van der Waals surface area contributed by atoms with E-state index in [0.717, 1.165) is 35.5 Å². The van der Waals surface area contributed by atoms with Crippen molar-refractivity contribution in [2.75, 3.05) is 13.1 Å². The highest BCUT2D eigenvalue weighted by Gasteiger charge is 2.49. The molecule has 2 aliphatic rings. The van der Waals surface area contributed by atoms with E-state index in [0.29, 0.717) is 17.6 Å². The van der Waals surface area contributed by atoms with E-state index in [9.17, 15) is 9.00 Å². The van der Waals surface area contributed by atoms with Crippen LogP contribution in [0.5, 0.6) is 0 Å². The van der Waals surface area contributed by atoms with Crippen LogP contribution in [0.4, 0.5) is 4.79 Å². The highest BCUT2D eigenvalue weighted by atomic mass is 35.5. The summed E-state index contributed by atoms with van der Waals surface area (Å²) in [5.41, 5.74) is 0.833. The highest BCUT2D eigenvalue weighted by Crippen LogP contribution is 2.48. The van der Waals surface area contributed by atoms with Crippen molar-refractivity contribution in [1.82, 2.24) is 9.88 Å². The molecule has 1 aliphatic carbocycles. The minimum absolute atomic E-state index is 0.238. The minimum Gasteiger partial charge on any atom is -0.444 e. The molecule has 1 aromatic rings. The Labute approximate surface area is 178 Å². The second-order valence-corrected chi connectivity index (χ2v) is 13.0. The maximum atomic E-state index is 12.8. The van der Waals surface area contributed by atoms with Crippen molar-refractivity contribution in [2.45, 2.75) is 71.2 Å². The summed E-state index contributed by atoms with van der Waals surface area (Å²) in [4.78, 5) is 19.7. The number of halogens is 1. The van der Waals surface area contributed by atoms with Gasteiger partial charge in [0.05, 0.1) is 10.5 Å². The van der Waals surface area contributed by atoms with E-state index in [-0.39, 0.29) is 11.5 Å². The minimum atomic E-state index is -1.38. The van der Waals surface area contributed by atoms with E-state index in [1.165, 1.54) is 11.3 Å². The van der Waals surface area contributed by atoms with Gasteiger partial charge >= 0.3 is 6.09 Å². The third-order valence-electron chi connectivity index (χ3n) is 4.97. The van der Waals surface area contributed by atoms with Gasteiger partial charge < -0.3 is 9.64 Å². The number of thiazole rings is 1. The molecule has 1 amide bonds. The number of rotatable bonds is 1. The van der Waals surface area contributed by atoms with Crippen LogP contribution in [0.25, 0.3) is 0 Å². The lowest BCUT2D eigenvalue weighted by atomic mass is 9.75. The quantitative estimate of drug-likeness (QED) is 0.632. The molecule has 0 aromatic carbocycles. The number of hydrogen-bond acceptors (Lipinski definition) is 5. The van der Waals surface area contributed by atoms with Gasteiger partial charge in [0.15, 0.2) is 4.47 Å². The number of piperidine rings is 1. The van der Waals surface area contributed by atoms with Crippen molar-refractivity contribution in [3.63, 3.8) is 0 Å². The van der Waals surface area contributed by atoms with Crippen molar-refractivity contribution >= 4 is 45.7 Å². The topological polar surface area (TPSA) is 71.9 Å². The number of fused-ring (bicyclic) bond motifs is 1. The van der Waals surface area contributed by atoms with Crippen LogP contribution in [0, 0.1) is 5.41 Å². The first-order chi connectivity index (χ1) is 12.8. The molecule has 1 unspecified atom stereocenters. The zero-order valence-corrected chi connectivity index (χ0v) is 19.7. The Balaban J connectivity index is 1.85. The molecule has 6 nitrogen and oxygen atoms in total. The van der Waals surface area contributed by atoms with Crippen LogP contribution >= 0.6 is 22.9 Å². The van der Waals surface area contributed by atoms with Gasteiger partial charge in [-0.25, -0.2) is 14.0 Å². The van der Waals surface area contributed by atoms with Crippen molar-refractivity contribution in [2.24, 2.45) is 9.81 Å². The second kappa shape index (κ2) is 7.36. The van der Waals surface area contributed by atoms with E-state index in [1.54, 1.807) is 4.90 Å². The van der Waals surface area contributed by atoms with Gasteiger partial charge in [-0.2, -0.15) is 4.40 Å². The molecule has 0 radical (unpaired) electrons. The monoisotopic (exact) mass is 445 g/mol. The molecule has 1 fully saturated rings. The number of likely N-dealkylation sites (tertiary alicyclic amines) is 1. The molecular formula is C19H28ClN3O3S2. The zero-order chi connectivity index (χ0) is 20.9. The fourth-order valence-electron chi connectivity index (χ4n) is 3.49. The Morgan fingerprint density at radius 2 is 1.86 bits per heavy atom. The van der Waals surface area contributed by atoms with Gasteiger partial charge in [-0.15, -0.1) is 11.3 Å². The Bertz CT molecular complexity index is 828. The predicted molar refractivity (Wildman–Crippen MR) is 115 cm³/mol. The SMILES string of the molecule is CC(C)(C)OC(=O)N1CCC2(CC1)Cc1sc(Cl)nc1/C2=N\S(=O)C(C)(C)C. The molecule has 3 rings (SSSR count).